The first-order valence-corrected chi connectivity index (χ1v) is 5.39. The fourth-order valence-corrected chi connectivity index (χ4v) is 1.92. The molecule has 0 saturated heterocycles. The summed E-state index contributed by atoms with van der Waals surface area (Å²) in [6.07, 6.45) is 6.39. The number of fused-ring (bicyclic) bond motifs is 1. The zero-order chi connectivity index (χ0) is 11.0. The third-order valence-corrected chi connectivity index (χ3v) is 2.75. The van der Waals surface area contributed by atoms with Crippen LogP contribution in [0.4, 0.5) is 11.7 Å². The smallest absolute Gasteiger partial charge is 0.295 e. The first kappa shape index (κ1) is 9.27. The molecule has 1 aromatic heterocycles. The number of aromatic nitrogens is 1. The van der Waals surface area contributed by atoms with E-state index in [9.17, 15) is 0 Å². The van der Waals surface area contributed by atoms with Crippen LogP contribution in [0.1, 0.15) is 12.8 Å². The molecule has 16 heavy (non-hydrogen) atoms. The first-order valence-electron chi connectivity index (χ1n) is 5.39. The highest BCUT2D eigenvalue weighted by Gasteiger charge is 2.13. The van der Waals surface area contributed by atoms with Gasteiger partial charge < -0.3 is 15.5 Å². The van der Waals surface area contributed by atoms with Gasteiger partial charge in [-0.2, -0.15) is 4.98 Å². The summed E-state index contributed by atoms with van der Waals surface area (Å²) in [5.74, 6) is 0. The first-order chi connectivity index (χ1) is 7.81. The van der Waals surface area contributed by atoms with Crippen molar-refractivity contribution in [2.45, 2.75) is 18.9 Å². The molecule has 4 nitrogen and oxygen atoms in total. The molecule has 0 aliphatic heterocycles. The van der Waals surface area contributed by atoms with Gasteiger partial charge in [0.15, 0.2) is 5.58 Å². The van der Waals surface area contributed by atoms with Crippen LogP contribution in [-0.2, 0) is 0 Å². The number of rotatable bonds is 2. The Morgan fingerprint density at radius 3 is 2.94 bits per heavy atom. The SMILES string of the molecule is Nc1ccc2oc(NC3CC=CC3)nc2c1. The van der Waals surface area contributed by atoms with Gasteiger partial charge >= 0.3 is 0 Å². The minimum atomic E-state index is 0.408. The maximum Gasteiger partial charge on any atom is 0.295 e. The Bertz CT molecular complexity index is 536. The van der Waals surface area contributed by atoms with Crippen molar-refractivity contribution in [1.82, 2.24) is 4.98 Å². The standard InChI is InChI=1S/C12H13N3O/c13-8-5-6-11-10(7-8)15-12(16-11)14-9-3-1-2-4-9/h1-2,5-7,9H,3-4,13H2,(H,14,15). The van der Waals surface area contributed by atoms with E-state index in [0.717, 1.165) is 23.9 Å². The zero-order valence-electron chi connectivity index (χ0n) is 8.81. The van der Waals surface area contributed by atoms with Gasteiger partial charge in [-0.15, -0.1) is 0 Å². The van der Waals surface area contributed by atoms with Crippen molar-refractivity contribution < 1.29 is 4.42 Å². The van der Waals surface area contributed by atoms with Crippen LogP contribution in [0.5, 0.6) is 0 Å². The van der Waals surface area contributed by atoms with Crippen molar-refractivity contribution in [3.8, 4) is 0 Å². The largest absolute Gasteiger partial charge is 0.424 e. The quantitative estimate of drug-likeness (QED) is 0.597. The number of anilines is 2. The zero-order valence-corrected chi connectivity index (χ0v) is 8.81. The Morgan fingerprint density at radius 1 is 1.31 bits per heavy atom. The van der Waals surface area contributed by atoms with Crippen LogP contribution in [0.15, 0.2) is 34.8 Å². The highest BCUT2D eigenvalue weighted by molar-refractivity contribution is 5.78. The molecule has 0 amide bonds. The van der Waals surface area contributed by atoms with E-state index in [4.69, 9.17) is 10.2 Å². The Hall–Kier alpha value is -1.97. The molecule has 0 radical (unpaired) electrons. The van der Waals surface area contributed by atoms with Crippen LogP contribution in [-0.4, -0.2) is 11.0 Å². The van der Waals surface area contributed by atoms with Gasteiger partial charge in [-0.3, -0.25) is 0 Å². The molecule has 0 unspecified atom stereocenters. The number of benzene rings is 1. The van der Waals surface area contributed by atoms with Crippen LogP contribution < -0.4 is 11.1 Å². The summed E-state index contributed by atoms with van der Waals surface area (Å²) in [5.41, 5.74) is 7.95. The predicted octanol–water partition coefficient (Wildman–Crippen LogP) is 2.54. The summed E-state index contributed by atoms with van der Waals surface area (Å²) < 4.78 is 5.58. The number of nitrogens with two attached hydrogens (primary N) is 1. The summed E-state index contributed by atoms with van der Waals surface area (Å²) >= 11 is 0. The van der Waals surface area contributed by atoms with Crippen LogP contribution in [0.25, 0.3) is 11.1 Å². The monoisotopic (exact) mass is 215 g/mol. The normalized spacial score (nSPS) is 16.0. The molecule has 82 valence electrons. The van der Waals surface area contributed by atoms with Crippen molar-refractivity contribution >= 4 is 22.8 Å². The molecular weight excluding hydrogens is 202 g/mol. The number of nitrogens with one attached hydrogen (secondary N) is 1. The van der Waals surface area contributed by atoms with Crippen molar-refractivity contribution in [3.63, 3.8) is 0 Å². The highest BCUT2D eigenvalue weighted by Crippen LogP contribution is 2.23. The molecule has 2 aromatic rings. The van der Waals surface area contributed by atoms with E-state index < -0.39 is 0 Å². The molecule has 1 aromatic carbocycles. The molecule has 3 N–H and O–H groups in total. The van der Waals surface area contributed by atoms with E-state index in [-0.39, 0.29) is 0 Å². The molecule has 0 fully saturated rings. The Morgan fingerprint density at radius 2 is 2.12 bits per heavy atom. The average molecular weight is 215 g/mol. The second-order valence-corrected chi connectivity index (χ2v) is 4.03. The van der Waals surface area contributed by atoms with Gasteiger partial charge in [0.25, 0.3) is 6.01 Å². The van der Waals surface area contributed by atoms with Gasteiger partial charge in [-0.25, -0.2) is 0 Å². The van der Waals surface area contributed by atoms with Gasteiger partial charge in [0, 0.05) is 11.7 Å². The van der Waals surface area contributed by atoms with E-state index in [1.165, 1.54) is 0 Å². The summed E-state index contributed by atoms with van der Waals surface area (Å²) in [6, 6.07) is 6.46. The minimum absolute atomic E-state index is 0.408. The van der Waals surface area contributed by atoms with Gasteiger partial charge in [0.2, 0.25) is 0 Å². The van der Waals surface area contributed by atoms with E-state index >= 15 is 0 Å². The molecule has 0 bridgehead atoms. The van der Waals surface area contributed by atoms with Gasteiger partial charge in [-0.05, 0) is 31.0 Å². The fourth-order valence-electron chi connectivity index (χ4n) is 1.92. The van der Waals surface area contributed by atoms with Crippen molar-refractivity contribution in [1.29, 1.82) is 0 Å². The van der Waals surface area contributed by atoms with Crippen LogP contribution in [0, 0.1) is 0 Å². The molecule has 1 aliphatic rings. The summed E-state index contributed by atoms with van der Waals surface area (Å²) in [7, 11) is 0. The lowest BCUT2D eigenvalue weighted by atomic mass is 10.2. The van der Waals surface area contributed by atoms with Crippen LogP contribution in [0.3, 0.4) is 0 Å². The van der Waals surface area contributed by atoms with E-state index in [1.54, 1.807) is 0 Å². The maximum atomic E-state index is 5.68. The molecule has 3 rings (SSSR count). The van der Waals surface area contributed by atoms with E-state index in [2.05, 4.69) is 22.5 Å². The second kappa shape index (κ2) is 3.56. The molecular formula is C12H13N3O. The number of hydrogen-bond donors (Lipinski definition) is 2. The van der Waals surface area contributed by atoms with Crippen molar-refractivity contribution in [2.75, 3.05) is 11.1 Å². The van der Waals surface area contributed by atoms with Gasteiger partial charge in [0.1, 0.15) is 5.52 Å². The molecule has 1 aliphatic carbocycles. The lowest BCUT2D eigenvalue weighted by Gasteiger charge is -2.08. The van der Waals surface area contributed by atoms with E-state index in [0.29, 0.717) is 17.7 Å². The molecule has 0 saturated carbocycles. The molecule has 0 atom stereocenters. The van der Waals surface area contributed by atoms with Crippen molar-refractivity contribution in [2.24, 2.45) is 0 Å². The lowest BCUT2D eigenvalue weighted by molar-refractivity contribution is 0.597. The Balaban J connectivity index is 1.87. The molecule has 0 spiro atoms. The second-order valence-electron chi connectivity index (χ2n) is 4.03. The summed E-state index contributed by atoms with van der Waals surface area (Å²) in [5, 5.41) is 3.27. The third kappa shape index (κ3) is 1.62. The fraction of sp³-hybridized carbons (Fsp3) is 0.250. The number of oxazole rings is 1. The minimum Gasteiger partial charge on any atom is -0.424 e. The lowest BCUT2D eigenvalue weighted by Crippen LogP contribution is -2.14. The molecule has 1 heterocycles. The van der Waals surface area contributed by atoms with Crippen LogP contribution in [0.2, 0.25) is 0 Å². The number of hydrogen-bond acceptors (Lipinski definition) is 4. The van der Waals surface area contributed by atoms with Crippen molar-refractivity contribution in [3.05, 3.63) is 30.4 Å². The van der Waals surface area contributed by atoms with E-state index in [1.807, 2.05) is 18.2 Å². The Kier molecular flexibility index (Phi) is 2.06. The predicted molar refractivity (Wildman–Crippen MR) is 64.2 cm³/mol. The maximum absolute atomic E-state index is 5.68. The third-order valence-electron chi connectivity index (χ3n) is 2.75. The highest BCUT2D eigenvalue weighted by atomic mass is 16.4. The summed E-state index contributed by atoms with van der Waals surface area (Å²) in [6.45, 7) is 0. The van der Waals surface area contributed by atoms with Crippen LogP contribution >= 0.6 is 0 Å². The topological polar surface area (TPSA) is 64.1 Å². The van der Waals surface area contributed by atoms with Gasteiger partial charge in [-0.1, -0.05) is 12.2 Å². The number of nitrogens with zero attached hydrogens (tertiary/aromatic N) is 1. The number of nitrogen functional groups attached to an aromatic ring is 1. The summed E-state index contributed by atoms with van der Waals surface area (Å²) in [4.78, 5) is 4.35. The Labute approximate surface area is 93.1 Å². The van der Waals surface area contributed by atoms with Gasteiger partial charge in [0.05, 0.1) is 0 Å². The average Bonchev–Trinajstić information content (AvgIpc) is 2.86. The molecule has 4 heteroatoms.